The first-order valence-corrected chi connectivity index (χ1v) is 10.0. The number of nitrogens with zero attached hydrogens (tertiary/aromatic N) is 6. The van der Waals surface area contributed by atoms with Gasteiger partial charge in [-0.1, -0.05) is 30.3 Å². The van der Waals surface area contributed by atoms with Gasteiger partial charge in [0.15, 0.2) is 5.41 Å². The van der Waals surface area contributed by atoms with Crippen LogP contribution in [0.25, 0.3) is 0 Å². The Bertz CT molecular complexity index is 1300. The van der Waals surface area contributed by atoms with E-state index in [0.717, 1.165) is 0 Å². The first kappa shape index (κ1) is 23.6. The quantitative estimate of drug-likeness (QED) is 0.376. The molecule has 1 aliphatic heterocycles. The maximum atomic E-state index is 13.1. The van der Waals surface area contributed by atoms with Crippen LogP contribution in [0.15, 0.2) is 59.6 Å². The highest BCUT2D eigenvalue weighted by atomic mass is 16.6. The SMILES string of the molecule is CCOC(=O)C1C(c2ccccc2)=NC(c2ccc([N+](=O)[O-])cc2)C(C#N)(C#N)C1(C#N)C#N. The molecule has 0 amide bonds. The number of hydrogen-bond donors (Lipinski definition) is 0. The number of esters is 1. The van der Waals surface area contributed by atoms with Gasteiger partial charge in [-0.15, -0.1) is 0 Å². The van der Waals surface area contributed by atoms with E-state index >= 15 is 0 Å². The second-order valence-electron chi connectivity index (χ2n) is 7.38. The lowest BCUT2D eigenvalue weighted by molar-refractivity contribution is -0.384. The fraction of sp³-hybridized carbons (Fsp3) is 0.250. The summed E-state index contributed by atoms with van der Waals surface area (Å²) in [5, 5.41) is 52.0. The Morgan fingerprint density at radius 3 is 2.03 bits per heavy atom. The molecule has 10 nitrogen and oxygen atoms in total. The van der Waals surface area contributed by atoms with E-state index in [1.807, 2.05) is 0 Å². The summed E-state index contributed by atoms with van der Waals surface area (Å²) >= 11 is 0. The third-order valence-corrected chi connectivity index (χ3v) is 5.72. The number of benzene rings is 2. The summed E-state index contributed by atoms with van der Waals surface area (Å²) in [5.74, 6) is -2.62. The summed E-state index contributed by atoms with van der Waals surface area (Å²) in [6, 6.07) is 19.0. The van der Waals surface area contributed by atoms with Crippen LogP contribution in [0.1, 0.15) is 24.1 Å². The Morgan fingerprint density at radius 1 is 1.00 bits per heavy atom. The van der Waals surface area contributed by atoms with Crippen LogP contribution in [0, 0.1) is 72.2 Å². The number of aliphatic imine (C=N–C) groups is 1. The molecule has 10 heteroatoms. The Labute approximate surface area is 194 Å². The molecule has 0 spiro atoms. The molecular weight excluding hydrogens is 436 g/mol. The second-order valence-corrected chi connectivity index (χ2v) is 7.38. The predicted molar refractivity (Wildman–Crippen MR) is 116 cm³/mol. The highest BCUT2D eigenvalue weighted by Crippen LogP contribution is 2.57. The third kappa shape index (κ3) is 3.41. The summed E-state index contributed by atoms with van der Waals surface area (Å²) in [6.07, 6.45) is 0. The highest BCUT2D eigenvalue weighted by Gasteiger charge is 2.69. The zero-order valence-electron chi connectivity index (χ0n) is 17.9. The second kappa shape index (κ2) is 9.20. The molecule has 0 bridgehead atoms. The molecule has 0 saturated heterocycles. The van der Waals surface area contributed by atoms with Crippen LogP contribution in [0.4, 0.5) is 5.69 Å². The predicted octanol–water partition coefficient (Wildman–Crippen LogP) is 3.39. The van der Waals surface area contributed by atoms with E-state index in [1.165, 1.54) is 24.3 Å². The highest BCUT2D eigenvalue weighted by molar-refractivity contribution is 6.14. The number of ether oxygens (including phenoxy) is 1. The van der Waals surface area contributed by atoms with E-state index in [-0.39, 0.29) is 23.6 Å². The Morgan fingerprint density at radius 2 is 1.56 bits per heavy atom. The normalized spacial score (nSPS) is 19.7. The van der Waals surface area contributed by atoms with Gasteiger partial charge in [0.1, 0.15) is 12.0 Å². The molecule has 34 heavy (non-hydrogen) atoms. The molecule has 2 atom stereocenters. The van der Waals surface area contributed by atoms with Gasteiger partial charge in [0.25, 0.3) is 5.69 Å². The van der Waals surface area contributed by atoms with Crippen molar-refractivity contribution in [3.05, 3.63) is 75.8 Å². The molecule has 1 aliphatic rings. The van der Waals surface area contributed by atoms with Crippen molar-refractivity contribution >= 4 is 17.4 Å². The number of non-ortho nitro benzene ring substituents is 1. The number of nitriles is 4. The van der Waals surface area contributed by atoms with Crippen LogP contribution in [0.2, 0.25) is 0 Å². The van der Waals surface area contributed by atoms with E-state index in [1.54, 1.807) is 61.5 Å². The van der Waals surface area contributed by atoms with Crippen molar-refractivity contribution in [2.24, 2.45) is 21.7 Å². The summed E-state index contributed by atoms with van der Waals surface area (Å²) < 4.78 is 5.14. The number of hydrogen-bond acceptors (Lipinski definition) is 9. The van der Waals surface area contributed by atoms with Gasteiger partial charge in [-0.2, -0.15) is 21.0 Å². The molecule has 0 N–H and O–H groups in total. The summed E-state index contributed by atoms with van der Waals surface area (Å²) in [7, 11) is 0. The van der Waals surface area contributed by atoms with Gasteiger partial charge in [0.05, 0.1) is 41.5 Å². The van der Waals surface area contributed by atoms with Gasteiger partial charge in [-0.25, -0.2) is 0 Å². The van der Waals surface area contributed by atoms with Crippen LogP contribution < -0.4 is 0 Å². The van der Waals surface area contributed by atoms with Crippen LogP contribution >= 0.6 is 0 Å². The van der Waals surface area contributed by atoms with Crippen molar-refractivity contribution in [1.82, 2.24) is 0 Å². The summed E-state index contributed by atoms with van der Waals surface area (Å²) in [5.41, 5.74) is -4.56. The topological polar surface area (TPSA) is 177 Å². The molecule has 0 fully saturated rings. The Hall–Kier alpha value is -5.06. The molecule has 2 aromatic rings. The zero-order valence-corrected chi connectivity index (χ0v) is 17.9. The largest absolute Gasteiger partial charge is 0.465 e. The standard InChI is InChI=1S/C24H16N6O4/c1-2-34-22(31)19-20(16-6-4-3-5-7-16)29-21(17-8-10-18(11-9-17)30(32)33)24(14-27,15-28)23(19,12-25)13-26/h3-11,19,21H,2H2,1H3. The lowest BCUT2D eigenvalue weighted by Gasteiger charge is -2.44. The average Bonchev–Trinajstić information content (AvgIpc) is 2.87. The molecule has 2 unspecified atom stereocenters. The fourth-order valence-corrected chi connectivity index (χ4v) is 4.08. The minimum absolute atomic E-state index is 0.00614. The van der Waals surface area contributed by atoms with Crippen molar-refractivity contribution in [3.63, 3.8) is 0 Å². The monoisotopic (exact) mass is 452 g/mol. The van der Waals surface area contributed by atoms with E-state index in [9.17, 15) is 36.0 Å². The van der Waals surface area contributed by atoms with Crippen molar-refractivity contribution in [2.75, 3.05) is 6.61 Å². The first-order chi connectivity index (χ1) is 16.4. The van der Waals surface area contributed by atoms with Gasteiger partial charge >= 0.3 is 5.97 Å². The van der Waals surface area contributed by atoms with E-state index in [2.05, 4.69) is 4.99 Å². The molecule has 0 aromatic heterocycles. The van der Waals surface area contributed by atoms with Gasteiger partial charge in [-0.05, 0) is 30.2 Å². The molecule has 0 aliphatic carbocycles. The Kier molecular flexibility index (Phi) is 6.39. The smallest absolute Gasteiger partial charge is 0.317 e. The van der Waals surface area contributed by atoms with Crippen LogP contribution in [0.5, 0.6) is 0 Å². The number of carbonyl (C=O) groups excluding carboxylic acids is 1. The number of nitro benzene ring substituents is 1. The molecule has 1 heterocycles. The van der Waals surface area contributed by atoms with Gasteiger partial charge in [0, 0.05) is 12.1 Å². The lowest BCUT2D eigenvalue weighted by atomic mass is 9.52. The van der Waals surface area contributed by atoms with Crippen molar-refractivity contribution in [1.29, 1.82) is 21.0 Å². The van der Waals surface area contributed by atoms with E-state index in [4.69, 9.17) is 4.74 Å². The van der Waals surface area contributed by atoms with Crippen molar-refractivity contribution in [2.45, 2.75) is 13.0 Å². The van der Waals surface area contributed by atoms with Crippen LogP contribution in [-0.2, 0) is 9.53 Å². The molecule has 0 radical (unpaired) electrons. The Balaban J connectivity index is 2.44. The van der Waals surface area contributed by atoms with E-state index < -0.39 is 33.7 Å². The number of carbonyl (C=O) groups is 1. The molecule has 166 valence electrons. The maximum absolute atomic E-state index is 13.1. The molecular formula is C24H16N6O4. The number of nitro groups is 1. The van der Waals surface area contributed by atoms with Crippen LogP contribution in [0.3, 0.4) is 0 Å². The van der Waals surface area contributed by atoms with Crippen molar-refractivity contribution < 1.29 is 14.5 Å². The van der Waals surface area contributed by atoms with Gasteiger partial charge < -0.3 is 4.74 Å². The van der Waals surface area contributed by atoms with Gasteiger partial charge in [-0.3, -0.25) is 19.9 Å². The first-order valence-electron chi connectivity index (χ1n) is 10.0. The minimum atomic E-state index is -2.50. The molecule has 2 aromatic carbocycles. The summed E-state index contributed by atoms with van der Waals surface area (Å²) in [4.78, 5) is 28.1. The van der Waals surface area contributed by atoms with Gasteiger partial charge in [0.2, 0.25) is 5.41 Å². The molecule has 3 rings (SSSR count). The zero-order chi connectivity index (χ0) is 24.9. The summed E-state index contributed by atoms with van der Waals surface area (Å²) in [6.45, 7) is 1.48. The van der Waals surface area contributed by atoms with Crippen LogP contribution in [-0.4, -0.2) is 23.2 Å². The maximum Gasteiger partial charge on any atom is 0.317 e. The third-order valence-electron chi connectivity index (χ3n) is 5.72. The average molecular weight is 452 g/mol. The fourth-order valence-electron chi connectivity index (χ4n) is 4.08. The number of rotatable bonds is 5. The minimum Gasteiger partial charge on any atom is -0.465 e. The van der Waals surface area contributed by atoms with Crippen molar-refractivity contribution in [3.8, 4) is 24.3 Å². The lowest BCUT2D eigenvalue weighted by Crippen LogP contribution is -2.56. The van der Waals surface area contributed by atoms with E-state index in [0.29, 0.717) is 5.56 Å². The molecule has 0 saturated carbocycles.